The molecule has 0 heterocycles. The number of carbonyl (C=O) groups is 2. The number of ether oxygens (including phenoxy) is 1. The molecule has 0 N–H and O–H groups in total. The third-order valence-corrected chi connectivity index (χ3v) is 3.86. The Bertz CT molecular complexity index is 371. The summed E-state index contributed by atoms with van der Waals surface area (Å²) in [7, 11) is 0. The molecule has 4 nitrogen and oxygen atoms in total. The van der Waals surface area contributed by atoms with Gasteiger partial charge in [0.25, 0.3) is 0 Å². The van der Waals surface area contributed by atoms with Gasteiger partial charge in [0, 0.05) is 11.0 Å². The lowest BCUT2D eigenvalue weighted by molar-refractivity contribution is -0.154. The second kappa shape index (κ2) is 5.37. The van der Waals surface area contributed by atoms with Crippen molar-refractivity contribution in [3.63, 3.8) is 0 Å². The van der Waals surface area contributed by atoms with Crippen LogP contribution in [0.25, 0.3) is 0 Å². The average Bonchev–Trinajstić information content (AvgIpc) is 2.26. The normalized spacial score (nSPS) is 24.6. The van der Waals surface area contributed by atoms with Crippen LogP contribution in [0.3, 0.4) is 0 Å². The maximum atomic E-state index is 11.7. The second-order valence-corrected chi connectivity index (χ2v) is 5.14. The fourth-order valence-corrected chi connectivity index (χ4v) is 2.57. The summed E-state index contributed by atoms with van der Waals surface area (Å²) in [5.41, 5.74) is 1.27. The van der Waals surface area contributed by atoms with E-state index >= 15 is 0 Å². The first-order chi connectivity index (χ1) is 7.86. The summed E-state index contributed by atoms with van der Waals surface area (Å²) in [4.78, 5) is 23.1. The van der Waals surface area contributed by atoms with Gasteiger partial charge >= 0.3 is 11.9 Å². The molecule has 1 rings (SSSR count). The molecule has 0 aliphatic heterocycles. The molecule has 1 fully saturated rings. The Morgan fingerprint density at radius 1 is 1.47 bits per heavy atom. The summed E-state index contributed by atoms with van der Waals surface area (Å²) >= 11 is 1.57. The van der Waals surface area contributed by atoms with E-state index in [-0.39, 0.29) is 23.3 Å². The molecular weight excluding hydrogens is 335 g/mol. The highest BCUT2D eigenvalue weighted by Crippen LogP contribution is 2.52. The SMILES string of the molecule is CCOC(=O)C1C/C(=C(/C)C(=O)OI)C1(C)C. The number of carbonyl (C=O) groups excluding carboxylic acids is 2. The molecule has 0 radical (unpaired) electrons. The summed E-state index contributed by atoms with van der Waals surface area (Å²) in [5.74, 6) is -0.678. The third-order valence-electron chi connectivity index (χ3n) is 3.46. The zero-order valence-electron chi connectivity index (χ0n) is 10.5. The molecule has 0 aromatic heterocycles. The van der Waals surface area contributed by atoms with Gasteiger partial charge in [-0.25, -0.2) is 4.79 Å². The summed E-state index contributed by atoms with van der Waals surface area (Å²) in [6.07, 6.45) is 0.587. The van der Waals surface area contributed by atoms with Crippen molar-refractivity contribution in [3.8, 4) is 0 Å². The Morgan fingerprint density at radius 2 is 2.06 bits per heavy atom. The lowest BCUT2D eigenvalue weighted by Crippen LogP contribution is -2.44. The first-order valence-electron chi connectivity index (χ1n) is 5.56. The highest BCUT2D eigenvalue weighted by Gasteiger charge is 2.50. The Labute approximate surface area is 115 Å². The van der Waals surface area contributed by atoms with E-state index in [0.29, 0.717) is 18.6 Å². The Balaban J connectivity index is 2.86. The van der Waals surface area contributed by atoms with Gasteiger partial charge in [-0.05, 0) is 20.3 Å². The van der Waals surface area contributed by atoms with E-state index in [1.807, 2.05) is 13.8 Å². The van der Waals surface area contributed by atoms with Gasteiger partial charge in [-0.2, -0.15) is 0 Å². The largest absolute Gasteiger partial charge is 0.466 e. The lowest BCUT2D eigenvalue weighted by Gasteiger charge is -2.46. The minimum absolute atomic E-state index is 0.158. The van der Waals surface area contributed by atoms with Crippen LogP contribution in [0.1, 0.15) is 34.1 Å². The standard InChI is InChI=1S/C12H17IO4/c1-5-16-11(15)9-6-8(12(9,3)4)7(2)10(14)17-13/h9H,5-6H2,1-4H3/b8-7+. The first kappa shape index (κ1) is 14.5. The van der Waals surface area contributed by atoms with E-state index in [1.54, 1.807) is 36.9 Å². The fraction of sp³-hybridized carbons (Fsp3) is 0.667. The van der Waals surface area contributed by atoms with Gasteiger partial charge < -0.3 is 7.80 Å². The third kappa shape index (κ3) is 2.64. The minimum Gasteiger partial charge on any atom is -0.466 e. The fourth-order valence-electron chi connectivity index (χ4n) is 2.24. The molecule has 0 spiro atoms. The monoisotopic (exact) mass is 352 g/mol. The molecule has 1 saturated carbocycles. The molecule has 0 bridgehead atoms. The highest BCUT2D eigenvalue weighted by molar-refractivity contribution is 14.1. The second-order valence-electron chi connectivity index (χ2n) is 4.70. The van der Waals surface area contributed by atoms with Crippen molar-refractivity contribution in [1.29, 1.82) is 0 Å². The summed E-state index contributed by atoms with van der Waals surface area (Å²) < 4.78 is 9.68. The minimum atomic E-state index is -0.337. The molecule has 96 valence electrons. The zero-order valence-corrected chi connectivity index (χ0v) is 12.7. The Morgan fingerprint density at radius 3 is 2.47 bits per heavy atom. The van der Waals surface area contributed by atoms with Crippen molar-refractivity contribution < 1.29 is 17.4 Å². The zero-order chi connectivity index (χ0) is 13.2. The van der Waals surface area contributed by atoms with Crippen molar-refractivity contribution in [2.24, 2.45) is 11.3 Å². The van der Waals surface area contributed by atoms with Crippen LogP contribution in [-0.4, -0.2) is 18.5 Å². The molecule has 1 aliphatic carbocycles. The van der Waals surface area contributed by atoms with Crippen LogP contribution in [0.5, 0.6) is 0 Å². The van der Waals surface area contributed by atoms with Gasteiger partial charge in [0.05, 0.1) is 12.5 Å². The van der Waals surface area contributed by atoms with Crippen molar-refractivity contribution >= 4 is 34.9 Å². The molecule has 0 saturated heterocycles. The predicted octanol–water partition coefficient (Wildman–Crippen LogP) is 2.81. The molecular formula is C12H17IO4. The van der Waals surface area contributed by atoms with E-state index in [4.69, 9.17) is 4.74 Å². The average molecular weight is 352 g/mol. The maximum absolute atomic E-state index is 11.7. The molecule has 0 amide bonds. The summed E-state index contributed by atoms with van der Waals surface area (Å²) in [5, 5.41) is 0. The Hall–Kier alpha value is -0.590. The van der Waals surface area contributed by atoms with Gasteiger partial charge in [0.1, 0.15) is 0 Å². The summed E-state index contributed by atoms with van der Waals surface area (Å²) in [6, 6.07) is 0. The van der Waals surface area contributed by atoms with E-state index in [9.17, 15) is 9.59 Å². The number of hydrogen-bond acceptors (Lipinski definition) is 4. The van der Waals surface area contributed by atoms with Gasteiger partial charge in [-0.15, -0.1) is 0 Å². The molecule has 1 aliphatic rings. The molecule has 0 aromatic carbocycles. The smallest absolute Gasteiger partial charge is 0.343 e. The summed E-state index contributed by atoms with van der Waals surface area (Å²) in [6.45, 7) is 7.83. The van der Waals surface area contributed by atoms with Gasteiger partial charge in [-0.1, -0.05) is 19.4 Å². The molecule has 0 aromatic rings. The predicted molar refractivity (Wildman–Crippen MR) is 71.3 cm³/mol. The quantitative estimate of drug-likeness (QED) is 0.445. The van der Waals surface area contributed by atoms with E-state index < -0.39 is 0 Å². The number of hydrogen-bond donors (Lipinski definition) is 0. The van der Waals surface area contributed by atoms with Crippen molar-refractivity contribution in [3.05, 3.63) is 11.1 Å². The number of allylic oxidation sites excluding steroid dienone is 1. The van der Waals surface area contributed by atoms with Crippen molar-refractivity contribution in [1.82, 2.24) is 0 Å². The highest BCUT2D eigenvalue weighted by atomic mass is 127. The van der Waals surface area contributed by atoms with Crippen LogP contribution in [-0.2, 0) is 17.4 Å². The van der Waals surface area contributed by atoms with Crippen molar-refractivity contribution in [2.45, 2.75) is 34.1 Å². The molecule has 1 unspecified atom stereocenters. The number of esters is 1. The molecule has 5 heteroatoms. The van der Waals surface area contributed by atoms with E-state index in [1.165, 1.54) is 0 Å². The Kier molecular flexibility index (Phi) is 4.57. The van der Waals surface area contributed by atoms with Gasteiger partial charge in [0.15, 0.2) is 23.0 Å². The van der Waals surface area contributed by atoms with Crippen LogP contribution in [0, 0.1) is 11.3 Å². The van der Waals surface area contributed by atoms with Crippen LogP contribution in [0.2, 0.25) is 0 Å². The number of rotatable bonds is 3. The van der Waals surface area contributed by atoms with Crippen LogP contribution in [0.15, 0.2) is 11.1 Å². The molecule has 17 heavy (non-hydrogen) atoms. The van der Waals surface area contributed by atoms with E-state index in [2.05, 4.69) is 3.07 Å². The van der Waals surface area contributed by atoms with Crippen LogP contribution < -0.4 is 0 Å². The van der Waals surface area contributed by atoms with Gasteiger partial charge in [0.2, 0.25) is 0 Å². The van der Waals surface area contributed by atoms with Crippen LogP contribution in [0.4, 0.5) is 0 Å². The first-order valence-corrected chi connectivity index (χ1v) is 6.44. The van der Waals surface area contributed by atoms with Gasteiger partial charge in [-0.3, -0.25) is 4.79 Å². The molecule has 1 atom stereocenters. The maximum Gasteiger partial charge on any atom is 0.343 e. The van der Waals surface area contributed by atoms with Crippen LogP contribution >= 0.6 is 23.0 Å². The number of halogens is 1. The lowest BCUT2D eigenvalue weighted by atomic mass is 9.57. The van der Waals surface area contributed by atoms with E-state index in [0.717, 1.165) is 5.57 Å². The van der Waals surface area contributed by atoms with Crippen molar-refractivity contribution in [2.75, 3.05) is 6.61 Å². The topological polar surface area (TPSA) is 52.6 Å².